The van der Waals surface area contributed by atoms with Crippen molar-refractivity contribution in [1.29, 1.82) is 0 Å². The SMILES string of the molecule is CC1(C)OB(C(F)=Cc2cnc[nH]2)OC1(C)C. The molecule has 0 aliphatic carbocycles. The van der Waals surface area contributed by atoms with E-state index in [2.05, 4.69) is 9.97 Å². The average molecular weight is 238 g/mol. The van der Waals surface area contributed by atoms with Crippen LogP contribution in [-0.4, -0.2) is 28.3 Å². The highest BCUT2D eigenvalue weighted by molar-refractivity contribution is 6.54. The van der Waals surface area contributed by atoms with Crippen LogP contribution in [0, 0.1) is 0 Å². The molecule has 1 aliphatic rings. The van der Waals surface area contributed by atoms with Crippen molar-refractivity contribution in [1.82, 2.24) is 9.97 Å². The largest absolute Gasteiger partial charge is 0.525 e. The van der Waals surface area contributed by atoms with Crippen LogP contribution in [0.4, 0.5) is 4.39 Å². The third kappa shape index (κ3) is 2.28. The molecule has 1 N–H and O–H groups in total. The predicted molar refractivity (Wildman–Crippen MR) is 63.8 cm³/mol. The summed E-state index contributed by atoms with van der Waals surface area (Å²) in [7, 11) is -0.955. The van der Waals surface area contributed by atoms with Gasteiger partial charge in [0.2, 0.25) is 0 Å². The summed E-state index contributed by atoms with van der Waals surface area (Å²) >= 11 is 0. The van der Waals surface area contributed by atoms with Crippen molar-refractivity contribution in [2.45, 2.75) is 38.9 Å². The number of aromatic amines is 1. The Bertz CT molecular complexity index is 413. The molecular formula is C11H16BFN2O2. The number of halogens is 1. The lowest BCUT2D eigenvalue weighted by atomic mass is 9.87. The maximum absolute atomic E-state index is 13.9. The van der Waals surface area contributed by atoms with E-state index in [4.69, 9.17) is 9.31 Å². The van der Waals surface area contributed by atoms with Crippen molar-refractivity contribution in [3.63, 3.8) is 0 Å². The van der Waals surface area contributed by atoms with Crippen molar-refractivity contribution in [3.05, 3.63) is 23.9 Å². The highest BCUT2D eigenvalue weighted by Gasteiger charge is 2.53. The van der Waals surface area contributed by atoms with E-state index in [0.717, 1.165) is 0 Å². The Morgan fingerprint density at radius 2 is 1.94 bits per heavy atom. The zero-order valence-corrected chi connectivity index (χ0v) is 10.5. The molecular weight excluding hydrogens is 222 g/mol. The van der Waals surface area contributed by atoms with Gasteiger partial charge in [0.05, 0.1) is 29.4 Å². The van der Waals surface area contributed by atoms with Crippen LogP contribution in [0.2, 0.25) is 0 Å². The average Bonchev–Trinajstić information content (AvgIpc) is 2.74. The Hall–Kier alpha value is -1.14. The first kappa shape index (κ1) is 12.3. The Balaban J connectivity index is 2.16. The molecule has 6 heteroatoms. The fraction of sp³-hybridized carbons (Fsp3) is 0.545. The second-order valence-corrected chi connectivity index (χ2v) is 5.12. The molecule has 1 fully saturated rings. The van der Waals surface area contributed by atoms with E-state index in [-0.39, 0.29) is 0 Å². The lowest BCUT2D eigenvalue weighted by Crippen LogP contribution is -2.41. The topological polar surface area (TPSA) is 47.1 Å². The fourth-order valence-corrected chi connectivity index (χ4v) is 1.52. The number of hydrogen-bond donors (Lipinski definition) is 1. The van der Waals surface area contributed by atoms with Crippen molar-refractivity contribution in [2.24, 2.45) is 0 Å². The van der Waals surface area contributed by atoms with Crippen LogP contribution >= 0.6 is 0 Å². The van der Waals surface area contributed by atoms with Gasteiger partial charge in [-0.2, -0.15) is 0 Å². The van der Waals surface area contributed by atoms with Gasteiger partial charge in [-0.1, -0.05) is 0 Å². The van der Waals surface area contributed by atoms with E-state index in [1.165, 1.54) is 18.6 Å². The van der Waals surface area contributed by atoms with Gasteiger partial charge < -0.3 is 14.3 Å². The van der Waals surface area contributed by atoms with Gasteiger partial charge in [0.1, 0.15) is 5.73 Å². The smallest absolute Gasteiger partial charge is 0.398 e. The van der Waals surface area contributed by atoms with E-state index in [1.54, 1.807) is 0 Å². The van der Waals surface area contributed by atoms with Crippen LogP contribution in [0.5, 0.6) is 0 Å². The molecule has 17 heavy (non-hydrogen) atoms. The number of rotatable bonds is 2. The van der Waals surface area contributed by atoms with E-state index < -0.39 is 24.0 Å². The van der Waals surface area contributed by atoms with Crippen LogP contribution in [0.3, 0.4) is 0 Å². The number of H-pyrrole nitrogens is 1. The number of hydrogen-bond acceptors (Lipinski definition) is 3. The molecule has 0 spiro atoms. The maximum Gasteiger partial charge on any atom is 0.525 e. The van der Waals surface area contributed by atoms with Gasteiger partial charge in [-0.05, 0) is 33.8 Å². The lowest BCUT2D eigenvalue weighted by Gasteiger charge is -2.32. The first-order chi connectivity index (χ1) is 7.82. The number of nitrogens with zero attached hydrogens (tertiary/aromatic N) is 1. The summed E-state index contributed by atoms with van der Waals surface area (Å²) in [5, 5.41) is 0. The van der Waals surface area contributed by atoms with Crippen LogP contribution in [-0.2, 0) is 9.31 Å². The highest BCUT2D eigenvalue weighted by Crippen LogP contribution is 2.38. The van der Waals surface area contributed by atoms with Gasteiger partial charge in [0.25, 0.3) is 0 Å². The Labute approximate surface area is 100 Å². The molecule has 0 saturated carbocycles. The molecule has 1 saturated heterocycles. The Morgan fingerprint density at radius 1 is 1.35 bits per heavy atom. The van der Waals surface area contributed by atoms with Gasteiger partial charge in [0.15, 0.2) is 0 Å². The molecule has 0 unspecified atom stereocenters. The molecule has 1 aromatic rings. The van der Waals surface area contributed by atoms with Crippen LogP contribution < -0.4 is 0 Å². The minimum atomic E-state index is -0.955. The molecule has 92 valence electrons. The molecule has 4 nitrogen and oxygen atoms in total. The molecule has 0 atom stereocenters. The van der Waals surface area contributed by atoms with E-state index in [0.29, 0.717) is 5.69 Å². The summed E-state index contributed by atoms with van der Waals surface area (Å²) in [6, 6.07) is 0. The van der Waals surface area contributed by atoms with E-state index in [1.807, 2.05) is 27.7 Å². The minimum Gasteiger partial charge on any atom is -0.398 e. The first-order valence-electron chi connectivity index (χ1n) is 5.53. The summed E-state index contributed by atoms with van der Waals surface area (Å²) in [4.78, 5) is 6.60. The summed E-state index contributed by atoms with van der Waals surface area (Å²) in [6.07, 6.45) is 4.35. The maximum atomic E-state index is 13.9. The first-order valence-corrected chi connectivity index (χ1v) is 5.53. The van der Waals surface area contributed by atoms with E-state index in [9.17, 15) is 4.39 Å². The molecule has 1 aliphatic heterocycles. The molecule has 2 heterocycles. The Morgan fingerprint density at radius 3 is 2.41 bits per heavy atom. The van der Waals surface area contributed by atoms with Gasteiger partial charge in [0, 0.05) is 0 Å². The van der Waals surface area contributed by atoms with Crippen LogP contribution in [0.1, 0.15) is 33.4 Å². The molecule has 1 aromatic heterocycles. The zero-order chi connectivity index (χ0) is 12.7. The van der Waals surface area contributed by atoms with Gasteiger partial charge in [-0.3, -0.25) is 0 Å². The zero-order valence-electron chi connectivity index (χ0n) is 10.5. The number of imidazole rings is 1. The van der Waals surface area contributed by atoms with E-state index >= 15 is 0 Å². The van der Waals surface area contributed by atoms with Crippen molar-refractivity contribution in [2.75, 3.05) is 0 Å². The summed E-state index contributed by atoms with van der Waals surface area (Å²) in [6.45, 7) is 7.54. The van der Waals surface area contributed by atoms with Gasteiger partial charge in [-0.25, -0.2) is 9.37 Å². The lowest BCUT2D eigenvalue weighted by molar-refractivity contribution is 0.00578. The molecule has 2 rings (SSSR count). The number of nitrogens with one attached hydrogen (secondary N) is 1. The van der Waals surface area contributed by atoms with Gasteiger partial charge in [-0.15, -0.1) is 0 Å². The quantitative estimate of drug-likeness (QED) is 0.804. The minimum absolute atomic E-state index is 0.465. The second-order valence-electron chi connectivity index (χ2n) is 5.12. The van der Waals surface area contributed by atoms with Crippen molar-refractivity contribution in [3.8, 4) is 0 Å². The normalized spacial score (nSPS) is 23.1. The third-order valence-corrected chi connectivity index (χ3v) is 3.29. The van der Waals surface area contributed by atoms with Crippen LogP contribution in [0.15, 0.2) is 18.3 Å². The summed E-state index contributed by atoms with van der Waals surface area (Å²) in [5.41, 5.74) is -0.946. The van der Waals surface area contributed by atoms with Crippen molar-refractivity contribution < 1.29 is 13.7 Å². The monoisotopic (exact) mass is 238 g/mol. The van der Waals surface area contributed by atoms with Crippen molar-refractivity contribution >= 4 is 13.2 Å². The second kappa shape index (κ2) is 3.96. The summed E-state index contributed by atoms with van der Waals surface area (Å²) in [5.74, 6) is 0. The highest BCUT2D eigenvalue weighted by atomic mass is 19.1. The van der Waals surface area contributed by atoms with Crippen LogP contribution in [0.25, 0.3) is 6.08 Å². The molecule has 0 bridgehead atoms. The third-order valence-electron chi connectivity index (χ3n) is 3.29. The molecule has 0 amide bonds. The molecule has 0 radical (unpaired) electrons. The van der Waals surface area contributed by atoms with Gasteiger partial charge >= 0.3 is 7.12 Å². The predicted octanol–water partition coefficient (Wildman–Crippen LogP) is 2.35. The summed E-state index contributed by atoms with van der Waals surface area (Å²) < 4.78 is 25.1. The molecule has 0 aromatic carbocycles. The standard InChI is InChI=1S/C11H16BFN2O2/c1-10(2)11(3,4)17-12(16-10)9(13)5-8-6-14-7-15-8/h5-7H,1-4H3,(H,14,15). The fourth-order valence-electron chi connectivity index (χ4n) is 1.52. The number of aromatic nitrogens is 2. The Kier molecular flexibility index (Phi) is 2.87.